The van der Waals surface area contributed by atoms with Crippen LogP contribution in [0.4, 0.5) is 5.69 Å². The summed E-state index contributed by atoms with van der Waals surface area (Å²) in [6.45, 7) is 2.52. The maximum absolute atomic E-state index is 12.3. The molecule has 1 aliphatic rings. The van der Waals surface area contributed by atoms with Gasteiger partial charge in [0.2, 0.25) is 0 Å². The quantitative estimate of drug-likeness (QED) is 0.861. The number of aromatic nitrogens is 1. The molecule has 2 heterocycles. The zero-order valence-corrected chi connectivity index (χ0v) is 11.9. The molecule has 1 aromatic rings. The fourth-order valence-electron chi connectivity index (χ4n) is 2.18. The molecule has 2 unspecified atom stereocenters. The maximum Gasteiger partial charge on any atom is 0.260 e. The molecule has 7 heteroatoms. The molecular formula is C12H19N3O3S. The van der Waals surface area contributed by atoms with Gasteiger partial charge < -0.3 is 10.1 Å². The van der Waals surface area contributed by atoms with Crippen LogP contribution in [0.2, 0.25) is 0 Å². The molecular weight excluding hydrogens is 266 g/mol. The molecule has 2 N–H and O–H groups in total. The summed E-state index contributed by atoms with van der Waals surface area (Å²) in [5.74, 6) is 0. The Hall–Kier alpha value is -1.18. The minimum atomic E-state index is -3.61. The smallest absolute Gasteiger partial charge is 0.260 e. The molecule has 0 spiro atoms. The molecule has 0 aromatic carbocycles. The summed E-state index contributed by atoms with van der Waals surface area (Å²) in [5.41, 5.74) is 0.495. The van der Waals surface area contributed by atoms with Gasteiger partial charge in [-0.25, -0.2) is 18.1 Å². The molecule has 0 aliphatic carbocycles. The molecule has 1 aliphatic heterocycles. The Balaban J connectivity index is 2.18. The van der Waals surface area contributed by atoms with Crippen molar-refractivity contribution < 1.29 is 13.2 Å². The van der Waals surface area contributed by atoms with Gasteiger partial charge in [0, 0.05) is 25.9 Å². The zero-order valence-electron chi connectivity index (χ0n) is 11.1. The second-order valence-electron chi connectivity index (χ2n) is 4.63. The van der Waals surface area contributed by atoms with Gasteiger partial charge in [-0.1, -0.05) is 0 Å². The monoisotopic (exact) mass is 285 g/mol. The first-order valence-corrected chi connectivity index (χ1v) is 7.78. The molecule has 2 rings (SSSR count). The van der Waals surface area contributed by atoms with Crippen molar-refractivity contribution in [1.82, 2.24) is 9.71 Å². The van der Waals surface area contributed by atoms with Crippen LogP contribution in [0.1, 0.15) is 19.8 Å². The van der Waals surface area contributed by atoms with E-state index in [1.807, 2.05) is 6.92 Å². The van der Waals surface area contributed by atoms with Crippen molar-refractivity contribution in [2.24, 2.45) is 0 Å². The van der Waals surface area contributed by atoms with Crippen molar-refractivity contribution >= 4 is 15.7 Å². The van der Waals surface area contributed by atoms with Crippen molar-refractivity contribution in [3.8, 4) is 0 Å². The Kier molecular flexibility index (Phi) is 4.38. The van der Waals surface area contributed by atoms with Gasteiger partial charge in [0.05, 0.1) is 11.8 Å². The summed E-state index contributed by atoms with van der Waals surface area (Å²) in [6.07, 6.45) is 2.92. The first-order chi connectivity index (χ1) is 9.03. The van der Waals surface area contributed by atoms with Crippen LogP contribution in [0.3, 0.4) is 0 Å². The van der Waals surface area contributed by atoms with Gasteiger partial charge in [-0.05, 0) is 31.9 Å². The molecule has 106 valence electrons. The molecule has 0 saturated carbocycles. The third-order valence-electron chi connectivity index (χ3n) is 3.10. The molecule has 0 radical (unpaired) electrons. The lowest BCUT2D eigenvalue weighted by Crippen LogP contribution is -2.41. The number of sulfonamides is 1. The second-order valence-corrected chi connectivity index (χ2v) is 6.26. The number of nitrogens with zero attached hydrogens (tertiary/aromatic N) is 1. The lowest BCUT2D eigenvalue weighted by molar-refractivity contribution is 0.0173. The second kappa shape index (κ2) is 5.85. The summed E-state index contributed by atoms with van der Waals surface area (Å²) >= 11 is 0. The van der Waals surface area contributed by atoms with Crippen molar-refractivity contribution in [3.05, 3.63) is 18.3 Å². The van der Waals surface area contributed by atoms with Crippen molar-refractivity contribution in [2.45, 2.75) is 36.9 Å². The molecule has 0 amide bonds. The molecule has 1 fully saturated rings. The summed E-state index contributed by atoms with van der Waals surface area (Å²) in [4.78, 5) is 3.96. The number of rotatable bonds is 4. The van der Waals surface area contributed by atoms with Gasteiger partial charge >= 0.3 is 0 Å². The SMILES string of the molecule is CNc1cccnc1S(=O)(=O)NC1CCOC(C)C1. The predicted octanol–water partition coefficient (Wildman–Crippen LogP) is 0.969. The lowest BCUT2D eigenvalue weighted by atomic mass is 10.1. The highest BCUT2D eigenvalue weighted by Gasteiger charge is 2.27. The van der Waals surface area contributed by atoms with Crippen LogP contribution in [0.25, 0.3) is 0 Å². The minimum absolute atomic E-state index is 0.0386. The third-order valence-corrected chi connectivity index (χ3v) is 4.58. The average Bonchev–Trinajstić information content (AvgIpc) is 2.38. The molecule has 19 heavy (non-hydrogen) atoms. The van der Waals surface area contributed by atoms with E-state index >= 15 is 0 Å². The molecule has 6 nitrogen and oxygen atoms in total. The van der Waals surface area contributed by atoms with Gasteiger partial charge in [0.1, 0.15) is 0 Å². The Morgan fingerprint density at radius 2 is 2.26 bits per heavy atom. The molecule has 1 saturated heterocycles. The number of ether oxygens (including phenoxy) is 1. The van der Waals surface area contributed by atoms with Crippen LogP contribution < -0.4 is 10.0 Å². The molecule has 2 atom stereocenters. The number of nitrogens with one attached hydrogen (secondary N) is 2. The van der Waals surface area contributed by atoms with Crippen LogP contribution in [-0.4, -0.2) is 39.2 Å². The number of anilines is 1. The first-order valence-electron chi connectivity index (χ1n) is 6.29. The standard InChI is InChI=1S/C12H19N3O3S/c1-9-8-10(5-7-18-9)15-19(16,17)12-11(13-2)4-3-6-14-12/h3-4,6,9-10,13,15H,5,7-8H2,1-2H3. The Labute approximate surface area is 113 Å². The zero-order chi connectivity index (χ0) is 13.9. The van der Waals surface area contributed by atoms with E-state index in [1.54, 1.807) is 19.2 Å². The lowest BCUT2D eigenvalue weighted by Gasteiger charge is -2.27. The van der Waals surface area contributed by atoms with E-state index in [1.165, 1.54) is 6.20 Å². The van der Waals surface area contributed by atoms with E-state index in [0.717, 1.165) is 0 Å². The topological polar surface area (TPSA) is 80.3 Å². The third kappa shape index (κ3) is 3.43. The fourth-order valence-corrected chi connectivity index (χ4v) is 3.60. The molecule has 1 aromatic heterocycles. The van der Waals surface area contributed by atoms with E-state index < -0.39 is 10.0 Å². The summed E-state index contributed by atoms with van der Waals surface area (Å²) in [6, 6.07) is 3.29. The summed E-state index contributed by atoms with van der Waals surface area (Å²) < 4.78 is 32.8. The maximum atomic E-state index is 12.3. The van der Waals surface area contributed by atoms with Crippen molar-refractivity contribution in [2.75, 3.05) is 19.0 Å². The van der Waals surface area contributed by atoms with Gasteiger partial charge in [-0.3, -0.25) is 0 Å². The van der Waals surface area contributed by atoms with Crippen LogP contribution in [0.15, 0.2) is 23.4 Å². The average molecular weight is 285 g/mol. The number of hydrogen-bond acceptors (Lipinski definition) is 5. The van der Waals surface area contributed by atoms with Gasteiger partial charge in [0.25, 0.3) is 10.0 Å². The number of pyridine rings is 1. The van der Waals surface area contributed by atoms with Gasteiger partial charge in [-0.15, -0.1) is 0 Å². The Morgan fingerprint density at radius 1 is 1.47 bits per heavy atom. The highest BCUT2D eigenvalue weighted by molar-refractivity contribution is 7.89. The van der Waals surface area contributed by atoms with E-state index in [9.17, 15) is 8.42 Å². The van der Waals surface area contributed by atoms with E-state index in [4.69, 9.17) is 4.74 Å². The van der Waals surface area contributed by atoms with Crippen LogP contribution >= 0.6 is 0 Å². The van der Waals surface area contributed by atoms with E-state index in [2.05, 4.69) is 15.0 Å². The van der Waals surface area contributed by atoms with Crippen LogP contribution in [0, 0.1) is 0 Å². The fraction of sp³-hybridized carbons (Fsp3) is 0.583. The van der Waals surface area contributed by atoms with Gasteiger partial charge in [0.15, 0.2) is 5.03 Å². The van der Waals surface area contributed by atoms with Crippen molar-refractivity contribution in [1.29, 1.82) is 0 Å². The first kappa shape index (κ1) is 14.2. The van der Waals surface area contributed by atoms with E-state index in [-0.39, 0.29) is 17.2 Å². The normalized spacial score (nSPS) is 24.1. The Morgan fingerprint density at radius 3 is 2.95 bits per heavy atom. The van der Waals surface area contributed by atoms with Crippen LogP contribution in [0.5, 0.6) is 0 Å². The molecule has 0 bridgehead atoms. The highest BCUT2D eigenvalue weighted by atomic mass is 32.2. The highest BCUT2D eigenvalue weighted by Crippen LogP contribution is 2.20. The van der Waals surface area contributed by atoms with Crippen molar-refractivity contribution in [3.63, 3.8) is 0 Å². The Bertz CT molecular complexity index is 533. The largest absolute Gasteiger partial charge is 0.386 e. The predicted molar refractivity (Wildman–Crippen MR) is 72.5 cm³/mol. The van der Waals surface area contributed by atoms with E-state index in [0.29, 0.717) is 25.1 Å². The summed E-state index contributed by atoms with van der Waals surface area (Å²) in [5, 5.41) is 2.88. The summed E-state index contributed by atoms with van der Waals surface area (Å²) in [7, 11) is -1.93. The number of hydrogen-bond donors (Lipinski definition) is 2. The van der Waals surface area contributed by atoms with Gasteiger partial charge in [-0.2, -0.15) is 0 Å². The minimum Gasteiger partial charge on any atom is -0.386 e. The van der Waals surface area contributed by atoms with Crippen LogP contribution in [-0.2, 0) is 14.8 Å².